The Morgan fingerprint density at radius 3 is 2.05 bits per heavy atom. The first-order valence-electron chi connectivity index (χ1n) is 12.1. The van der Waals surface area contributed by atoms with E-state index in [1.54, 1.807) is 7.11 Å². The van der Waals surface area contributed by atoms with Crippen molar-refractivity contribution in [2.24, 2.45) is 0 Å². The van der Waals surface area contributed by atoms with Gasteiger partial charge in [-0.25, -0.2) is 4.79 Å². The maximum atomic E-state index is 12.4. The van der Waals surface area contributed by atoms with Crippen LogP contribution in [0.3, 0.4) is 0 Å². The van der Waals surface area contributed by atoms with Gasteiger partial charge in [-0.1, -0.05) is 72.8 Å². The van der Waals surface area contributed by atoms with E-state index in [4.69, 9.17) is 25.8 Å². The van der Waals surface area contributed by atoms with E-state index in [2.05, 4.69) is 4.98 Å². The van der Waals surface area contributed by atoms with Gasteiger partial charge in [-0.05, 0) is 28.8 Å². The summed E-state index contributed by atoms with van der Waals surface area (Å²) in [6, 6.07) is 28.4. The third-order valence-corrected chi connectivity index (χ3v) is 7.21. The second-order valence-corrected chi connectivity index (χ2v) is 9.47. The van der Waals surface area contributed by atoms with Crippen molar-refractivity contribution >= 4 is 11.6 Å². The van der Waals surface area contributed by atoms with Gasteiger partial charge in [0, 0.05) is 12.3 Å². The van der Waals surface area contributed by atoms with Crippen molar-refractivity contribution in [1.82, 2.24) is 9.55 Å². The highest BCUT2D eigenvalue weighted by atomic mass is 35.5. The molecule has 4 atom stereocenters. The number of benzene rings is 3. The van der Waals surface area contributed by atoms with Gasteiger partial charge in [0.25, 0.3) is 5.56 Å². The smallest absolute Gasteiger partial charge is 0.330 e. The van der Waals surface area contributed by atoms with Crippen LogP contribution in [0.1, 0.15) is 22.9 Å². The Morgan fingerprint density at radius 1 is 0.921 bits per heavy atom. The number of alkyl halides is 1. The fourth-order valence-electron chi connectivity index (χ4n) is 4.82. The molecule has 4 unspecified atom stereocenters. The third kappa shape index (κ3) is 4.79. The van der Waals surface area contributed by atoms with Crippen LogP contribution in [0.15, 0.2) is 107 Å². The molecule has 196 valence electrons. The van der Waals surface area contributed by atoms with Crippen LogP contribution in [0.4, 0.5) is 0 Å². The topological polar surface area (TPSA) is 103 Å². The number of halogens is 1. The van der Waals surface area contributed by atoms with Crippen LogP contribution < -0.4 is 16.0 Å². The molecule has 2 heterocycles. The molecule has 2 N–H and O–H groups in total. The molecule has 5 rings (SSSR count). The molecule has 38 heavy (non-hydrogen) atoms. The summed E-state index contributed by atoms with van der Waals surface area (Å²) >= 11 is 6.51. The lowest BCUT2D eigenvalue weighted by Gasteiger charge is -2.37. The van der Waals surface area contributed by atoms with E-state index < -0.39 is 40.7 Å². The summed E-state index contributed by atoms with van der Waals surface area (Å²) in [6.45, 7) is -0.0468. The van der Waals surface area contributed by atoms with Gasteiger partial charge in [0.2, 0.25) is 0 Å². The molecule has 3 aromatic carbocycles. The Balaban J connectivity index is 1.54. The number of rotatable bonds is 8. The molecular formula is C29H27ClN2O6. The Kier molecular flexibility index (Phi) is 7.49. The van der Waals surface area contributed by atoms with Crippen LogP contribution in [0.2, 0.25) is 0 Å². The van der Waals surface area contributed by atoms with Crippen molar-refractivity contribution in [2.45, 2.75) is 29.4 Å². The molecule has 1 saturated heterocycles. The van der Waals surface area contributed by atoms with Gasteiger partial charge in [0.15, 0.2) is 6.23 Å². The second-order valence-electron chi connectivity index (χ2n) is 8.97. The summed E-state index contributed by atoms with van der Waals surface area (Å²) in [4.78, 5) is 26.0. The SMILES string of the molecule is COc1ccc(C(OCC2OC(n3ccc(=O)[nH]c3=O)C(Cl)C2O)(c2ccccc2)c2ccccc2)cc1. The molecule has 0 radical (unpaired) electrons. The van der Waals surface area contributed by atoms with Crippen LogP contribution in [0, 0.1) is 0 Å². The number of aromatic nitrogens is 2. The number of nitrogens with zero attached hydrogens (tertiary/aromatic N) is 1. The normalized spacial score (nSPS) is 21.3. The molecule has 1 fully saturated rings. The number of ether oxygens (including phenoxy) is 3. The summed E-state index contributed by atoms with van der Waals surface area (Å²) in [7, 11) is 1.61. The Morgan fingerprint density at radius 2 is 1.50 bits per heavy atom. The molecule has 0 saturated carbocycles. The Bertz CT molecular complexity index is 1430. The molecule has 8 nitrogen and oxygen atoms in total. The van der Waals surface area contributed by atoms with Crippen molar-refractivity contribution in [1.29, 1.82) is 0 Å². The number of aromatic amines is 1. The highest BCUT2D eigenvalue weighted by Gasteiger charge is 2.46. The molecule has 1 aromatic heterocycles. The average molecular weight is 535 g/mol. The summed E-state index contributed by atoms with van der Waals surface area (Å²) in [5, 5.41) is 10.0. The summed E-state index contributed by atoms with van der Waals surface area (Å²) < 4.78 is 19.3. The molecule has 0 aliphatic carbocycles. The molecule has 0 amide bonds. The van der Waals surface area contributed by atoms with Crippen molar-refractivity contribution < 1.29 is 19.3 Å². The zero-order valence-corrected chi connectivity index (χ0v) is 21.3. The number of hydrogen-bond acceptors (Lipinski definition) is 6. The minimum atomic E-state index is -1.14. The first kappa shape index (κ1) is 25.9. The number of hydrogen-bond donors (Lipinski definition) is 2. The van der Waals surface area contributed by atoms with E-state index in [9.17, 15) is 14.7 Å². The zero-order valence-electron chi connectivity index (χ0n) is 20.6. The van der Waals surface area contributed by atoms with Gasteiger partial charge in [-0.3, -0.25) is 14.3 Å². The fourth-order valence-corrected chi connectivity index (χ4v) is 5.16. The van der Waals surface area contributed by atoms with E-state index >= 15 is 0 Å². The molecule has 0 bridgehead atoms. The summed E-state index contributed by atoms with van der Waals surface area (Å²) in [5.74, 6) is 0.706. The van der Waals surface area contributed by atoms with Crippen LogP contribution >= 0.6 is 11.6 Å². The van der Waals surface area contributed by atoms with Gasteiger partial charge in [0.05, 0.1) is 13.7 Å². The van der Waals surface area contributed by atoms with E-state index in [0.717, 1.165) is 21.3 Å². The molecular weight excluding hydrogens is 508 g/mol. The number of methoxy groups -OCH3 is 1. The lowest BCUT2D eigenvalue weighted by atomic mass is 9.80. The molecule has 4 aromatic rings. The van der Waals surface area contributed by atoms with E-state index in [0.29, 0.717) is 5.75 Å². The average Bonchev–Trinajstić information content (AvgIpc) is 3.23. The standard InChI is InChI=1S/C29H27ClN2O6/c1-36-22-14-12-21(13-15-22)29(19-8-4-2-5-9-19,20-10-6-3-7-11-20)37-18-23-26(34)25(30)27(38-23)32-17-16-24(33)31-28(32)35/h2-17,23,25-27,34H,18H2,1H3,(H,31,33,35). The minimum absolute atomic E-state index is 0.0468. The third-order valence-electron chi connectivity index (χ3n) is 6.74. The Labute approximate surface area is 224 Å². The maximum Gasteiger partial charge on any atom is 0.330 e. The van der Waals surface area contributed by atoms with Crippen LogP contribution in [0.5, 0.6) is 5.75 Å². The maximum absolute atomic E-state index is 12.4. The zero-order chi connectivity index (χ0) is 26.7. The fraction of sp³-hybridized carbons (Fsp3) is 0.241. The first-order chi connectivity index (χ1) is 18.4. The number of H-pyrrole nitrogens is 1. The molecule has 9 heteroatoms. The van der Waals surface area contributed by atoms with Gasteiger partial charge in [0.1, 0.15) is 28.9 Å². The van der Waals surface area contributed by atoms with Crippen molar-refractivity contribution in [3.05, 3.63) is 135 Å². The van der Waals surface area contributed by atoms with Crippen LogP contribution in [-0.4, -0.2) is 46.0 Å². The Hall–Kier alpha value is -3.69. The van der Waals surface area contributed by atoms with Gasteiger partial charge in [-0.2, -0.15) is 0 Å². The van der Waals surface area contributed by atoms with Crippen molar-refractivity contribution in [3.63, 3.8) is 0 Å². The predicted molar refractivity (Wildman–Crippen MR) is 143 cm³/mol. The summed E-state index contributed by atoms with van der Waals surface area (Å²) in [5.41, 5.74) is 0.319. The van der Waals surface area contributed by atoms with E-state index in [-0.39, 0.29) is 6.61 Å². The van der Waals surface area contributed by atoms with Gasteiger partial charge >= 0.3 is 5.69 Å². The van der Waals surface area contributed by atoms with Crippen molar-refractivity contribution in [2.75, 3.05) is 13.7 Å². The van der Waals surface area contributed by atoms with E-state index in [1.807, 2.05) is 84.9 Å². The quantitative estimate of drug-likeness (QED) is 0.265. The lowest BCUT2D eigenvalue weighted by Crippen LogP contribution is -2.39. The molecule has 1 aliphatic rings. The van der Waals surface area contributed by atoms with Gasteiger partial charge < -0.3 is 19.3 Å². The monoisotopic (exact) mass is 534 g/mol. The highest BCUT2D eigenvalue weighted by Crippen LogP contribution is 2.42. The second kappa shape index (κ2) is 11.0. The predicted octanol–water partition coefficient (Wildman–Crippen LogP) is 3.42. The highest BCUT2D eigenvalue weighted by molar-refractivity contribution is 6.21. The lowest BCUT2D eigenvalue weighted by molar-refractivity contribution is -0.0943. The number of aliphatic hydroxyl groups excluding tert-OH is 1. The first-order valence-corrected chi connectivity index (χ1v) is 12.6. The number of nitrogens with one attached hydrogen (secondary N) is 1. The minimum Gasteiger partial charge on any atom is -0.497 e. The van der Waals surface area contributed by atoms with Crippen LogP contribution in [-0.2, 0) is 15.1 Å². The van der Waals surface area contributed by atoms with Crippen LogP contribution in [0.25, 0.3) is 0 Å². The summed E-state index contributed by atoms with van der Waals surface area (Å²) in [6.07, 6.45) is -1.69. The number of aliphatic hydroxyl groups is 1. The molecule has 1 aliphatic heterocycles. The molecule has 0 spiro atoms. The largest absolute Gasteiger partial charge is 0.497 e. The van der Waals surface area contributed by atoms with Crippen molar-refractivity contribution in [3.8, 4) is 5.75 Å². The van der Waals surface area contributed by atoms with Gasteiger partial charge in [-0.15, -0.1) is 11.6 Å². The van der Waals surface area contributed by atoms with E-state index in [1.165, 1.54) is 12.3 Å².